The fourth-order valence-corrected chi connectivity index (χ4v) is 4.00. The van der Waals surface area contributed by atoms with Gasteiger partial charge in [-0.05, 0) is 51.3 Å². The third-order valence-corrected chi connectivity index (χ3v) is 5.26. The molecule has 0 atom stereocenters. The van der Waals surface area contributed by atoms with Crippen molar-refractivity contribution in [2.45, 2.75) is 39.8 Å². The number of aromatic nitrogens is 2. The molecule has 29 heavy (non-hydrogen) atoms. The van der Waals surface area contributed by atoms with Crippen LogP contribution in [-0.2, 0) is 0 Å². The van der Waals surface area contributed by atoms with Gasteiger partial charge in [-0.2, -0.15) is 0 Å². The molecule has 0 fully saturated rings. The van der Waals surface area contributed by atoms with Crippen molar-refractivity contribution in [2.24, 2.45) is 0 Å². The zero-order chi connectivity index (χ0) is 20.5. The molecule has 2 heterocycles. The predicted molar refractivity (Wildman–Crippen MR) is 119 cm³/mol. The van der Waals surface area contributed by atoms with Crippen molar-refractivity contribution in [2.75, 3.05) is 0 Å². The minimum Gasteiger partial charge on any atom is -0.334 e. The number of carbonyl (C=O) groups excluding carboxylic acids is 1. The topological polar surface area (TPSA) is 46.1 Å². The number of pyridine rings is 2. The Hall–Kier alpha value is -3.27. The number of hydrogen-bond donors (Lipinski definition) is 0. The average molecular weight is 383 g/mol. The van der Waals surface area contributed by atoms with E-state index in [1.54, 1.807) is 6.20 Å². The summed E-state index contributed by atoms with van der Waals surface area (Å²) in [5.41, 5.74) is 3.53. The molecule has 4 rings (SSSR count). The van der Waals surface area contributed by atoms with Gasteiger partial charge in [-0.15, -0.1) is 0 Å². The molecule has 4 nitrogen and oxygen atoms in total. The van der Waals surface area contributed by atoms with Gasteiger partial charge in [-0.25, -0.2) is 4.98 Å². The maximum absolute atomic E-state index is 13.0. The molecule has 0 bridgehead atoms. The Morgan fingerprint density at radius 1 is 0.828 bits per heavy atom. The van der Waals surface area contributed by atoms with Crippen molar-refractivity contribution >= 4 is 27.6 Å². The minimum atomic E-state index is 0.0592. The van der Waals surface area contributed by atoms with Gasteiger partial charge in [-0.3, -0.25) is 9.78 Å². The first-order valence-corrected chi connectivity index (χ1v) is 10.0. The summed E-state index contributed by atoms with van der Waals surface area (Å²) in [4.78, 5) is 24.0. The number of rotatable bonds is 4. The van der Waals surface area contributed by atoms with Crippen molar-refractivity contribution in [1.29, 1.82) is 0 Å². The Bertz CT molecular complexity index is 1170. The van der Waals surface area contributed by atoms with Crippen LogP contribution in [0.3, 0.4) is 0 Å². The molecule has 0 saturated heterocycles. The largest absolute Gasteiger partial charge is 0.334 e. The fourth-order valence-electron chi connectivity index (χ4n) is 4.00. The predicted octanol–water partition coefficient (Wildman–Crippen LogP) is 5.71. The third kappa shape index (κ3) is 3.46. The van der Waals surface area contributed by atoms with E-state index >= 15 is 0 Å². The second-order valence-corrected chi connectivity index (χ2v) is 7.88. The molecule has 2 aromatic heterocycles. The van der Waals surface area contributed by atoms with Crippen LogP contribution >= 0.6 is 0 Å². The number of hydrogen-bond acceptors (Lipinski definition) is 3. The first-order chi connectivity index (χ1) is 14.0. The van der Waals surface area contributed by atoms with E-state index in [4.69, 9.17) is 4.98 Å². The Morgan fingerprint density at radius 3 is 2.14 bits per heavy atom. The minimum absolute atomic E-state index is 0.0592. The molecular weight excluding hydrogens is 358 g/mol. The summed E-state index contributed by atoms with van der Waals surface area (Å²) < 4.78 is 0. The van der Waals surface area contributed by atoms with Crippen molar-refractivity contribution in [1.82, 2.24) is 14.9 Å². The van der Waals surface area contributed by atoms with E-state index in [1.165, 1.54) is 0 Å². The first kappa shape index (κ1) is 19.1. The number of nitrogens with zero attached hydrogens (tertiary/aromatic N) is 3. The molecule has 0 aliphatic carbocycles. The lowest BCUT2D eigenvalue weighted by Crippen LogP contribution is -2.42. The molecule has 0 N–H and O–H groups in total. The summed E-state index contributed by atoms with van der Waals surface area (Å²) in [5, 5.41) is 3.26. The lowest BCUT2D eigenvalue weighted by atomic mass is 10.00. The highest BCUT2D eigenvalue weighted by Gasteiger charge is 2.21. The van der Waals surface area contributed by atoms with Crippen LogP contribution in [0, 0.1) is 0 Å². The SMILES string of the molecule is CC(C)N(C(=O)c1ccc(-c2nc3ccncc3c3ccccc23)cc1)C(C)C. The van der Waals surface area contributed by atoms with Gasteiger partial charge in [0.25, 0.3) is 5.91 Å². The molecule has 0 aliphatic heterocycles. The maximum atomic E-state index is 13.0. The van der Waals surface area contributed by atoms with E-state index in [-0.39, 0.29) is 18.0 Å². The second kappa shape index (κ2) is 7.63. The molecule has 0 spiro atoms. The first-order valence-electron chi connectivity index (χ1n) is 10.0. The number of benzene rings is 2. The highest BCUT2D eigenvalue weighted by atomic mass is 16.2. The summed E-state index contributed by atoms with van der Waals surface area (Å²) in [7, 11) is 0. The van der Waals surface area contributed by atoms with Gasteiger partial charge in [0.15, 0.2) is 0 Å². The molecular formula is C25H25N3O. The third-order valence-electron chi connectivity index (χ3n) is 5.26. The van der Waals surface area contributed by atoms with Crippen LogP contribution in [0.2, 0.25) is 0 Å². The maximum Gasteiger partial charge on any atom is 0.254 e. The summed E-state index contributed by atoms with van der Waals surface area (Å²) in [6.45, 7) is 8.19. The zero-order valence-electron chi connectivity index (χ0n) is 17.3. The molecule has 0 unspecified atom stereocenters. The smallest absolute Gasteiger partial charge is 0.254 e. The second-order valence-electron chi connectivity index (χ2n) is 7.88. The quantitative estimate of drug-likeness (QED) is 0.424. The van der Waals surface area contributed by atoms with Gasteiger partial charge in [0.05, 0.1) is 11.2 Å². The molecule has 4 heteroatoms. The molecule has 1 amide bonds. The van der Waals surface area contributed by atoms with E-state index in [2.05, 4.69) is 17.1 Å². The lowest BCUT2D eigenvalue weighted by molar-refractivity contribution is 0.0644. The van der Waals surface area contributed by atoms with Gasteiger partial charge in [0.2, 0.25) is 0 Å². The zero-order valence-corrected chi connectivity index (χ0v) is 17.3. The summed E-state index contributed by atoms with van der Waals surface area (Å²) in [6.07, 6.45) is 3.63. The summed E-state index contributed by atoms with van der Waals surface area (Å²) >= 11 is 0. The molecule has 2 aromatic carbocycles. The van der Waals surface area contributed by atoms with Crippen molar-refractivity contribution in [3.63, 3.8) is 0 Å². The van der Waals surface area contributed by atoms with Crippen LogP contribution in [0.5, 0.6) is 0 Å². The highest BCUT2D eigenvalue weighted by molar-refractivity contribution is 6.10. The van der Waals surface area contributed by atoms with Gasteiger partial charge < -0.3 is 4.90 Å². The van der Waals surface area contributed by atoms with Crippen LogP contribution in [0.25, 0.3) is 32.9 Å². The monoisotopic (exact) mass is 383 g/mol. The van der Waals surface area contributed by atoms with Gasteiger partial charge in [0.1, 0.15) is 0 Å². The van der Waals surface area contributed by atoms with E-state index in [1.807, 2.05) is 81.3 Å². The number of fused-ring (bicyclic) bond motifs is 3. The Kier molecular flexibility index (Phi) is 5.01. The average Bonchev–Trinajstić information content (AvgIpc) is 2.73. The van der Waals surface area contributed by atoms with Crippen LogP contribution in [0.1, 0.15) is 38.1 Å². The number of amides is 1. The molecule has 0 aliphatic rings. The van der Waals surface area contributed by atoms with E-state index < -0.39 is 0 Å². The molecule has 4 aromatic rings. The molecule has 0 saturated carbocycles. The van der Waals surface area contributed by atoms with Crippen molar-refractivity contribution < 1.29 is 4.79 Å². The Labute approximate surface area is 171 Å². The van der Waals surface area contributed by atoms with Crippen LogP contribution in [0.4, 0.5) is 0 Å². The van der Waals surface area contributed by atoms with Gasteiger partial charge in [-0.1, -0.05) is 36.4 Å². The van der Waals surface area contributed by atoms with Gasteiger partial charge in [0, 0.05) is 46.4 Å². The highest BCUT2D eigenvalue weighted by Crippen LogP contribution is 2.32. The standard InChI is InChI=1S/C25H25N3O/c1-16(2)28(17(3)4)25(29)19-11-9-18(10-12-19)24-21-8-6-5-7-20(21)22-15-26-14-13-23(22)27-24/h5-17H,1-4H3. The van der Waals surface area contributed by atoms with E-state index in [9.17, 15) is 4.79 Å². The molecule has 146 valence electrons. The van der Waals surface area contributed by atoms with Crippen molar-refractivity contribution in [3.05, 3.63) is 72.6 Å². The summed E-state index contributed by atoms with van der Waals surface area (Å²) in [5.74, 6) is 0.0592. The van der Waals surface area contributed by atoms with E-state index in [0.717, 1.165) is 32.9 Å². The summed E-state index contributed by atoms with van der Waals surface area (Å²) in [6, 6.07) is 18.3. The van der Waals surface area contributed by atoms with Crippen LogP contribution in [0.15, 0.2) is 67.0 Å². The lowest BCUT2D eigenvalue weighted by Gasteiger charge is -2.30. The van der Waals surface area contributed by atoms with Crippen LogP contribution in [-0.4, -0.2) is 32.9 Å². The fraction of sp³-hybridized carbons (Fsp3) is 0.240. The Morgan fingerprint density at radius 2 is 1.48 bits per heavy atom. The number of carbonyl (C=O) groups is 1. The van der Waals surface area contributed by atoms with E-state index in [0.29, 0.717) is 5.56 Å². The van der Waals surface area contributed by atoms with Crippen molar-refractivity contribution in [3.8, 4) is 11.3 Å². The Balaban J connectivity index is 1.80. The van der Waals surface area contributed by atoms with Crippen LogP contribution < -0.4 is 0 Å². The normalized spacial score (nSPS) is 11.5. The molecule has 0 radical (unpaired) electrons. The van der Waals surface area contributed by atoms with Gasteiger partial charge >= 0.3 is 0 Å².